The van der Waals surface area contributed by atoms with Gasteiger partial charge in [-0.15, -0.1) is 0 Å². The second kappa shape index (κ2) is 7.64. The molecular formula is C18H18Cl2N4O2S. The number of sulfonamides is 1. The highest BCUT2D eigenvalue weighted by atomic mass is 35.5. The number of piperazine rings is 1. The van der Waals surface area contributed by atoms with Crippen LogP contribution in [0.4, 0.5) is 5.82 Å². The Labute approximate surface area is 169 Å². The molecule has 2 aromatic rings. The lowest BCUT2D eigenvalue weighted by Gasteiger charge is -2.35. The van der Waals surface area contributed by atoms with Crippen LogP contribution in [-0.2, 0) is 10.0 Å². The number of aromatic nitrogens is 1. The third-order valence-corrected chi connectivity index (χ3v) is 7.10. The molecule has 1 saturated heterocycles. The average Bonchev–Trinajstić information content (AvgIpc) is 2.63. The van der Waals surface area contributed by atoms with Gasteiger partial charge in [0.05, 0.1) is 10.6 Å². The van der Waals surface area contributed by atoms with E-state index in [1.165, 1.54) is 16.4 Å². The lowest BCUT2D eigenvalue weighted by Crippen LogP contribution is -2.49. The van der Waals surface area contributed by atoms with Crippen LogP contribution in [0.25, 0.3) is 0 Å². The topological polar surface area (TPSA) is 77.3 Å². The molecule has 0 aliphatic carbocycles. The highest BCUT2D eigenvalue weighted by Gasteiger charge is 2.31. The lowest BCUT2D eigenvalue weighted by atomic mass is 10.1. The Morgan fingerprint density at radius 3 is 2.41 bits per heavy atom. The minimum absolute atomic E-state index is 0.00681. The summed E-state index contributed by atoms with van der Waals surface area (Å²) in [6.07, 6.45) is 0. The molecule has 142 valence electrons. The molecule has 1 aliphatic rings. The molecule has 1 aromatic carbocycles. The number of nitriles is 1. The van der Waals surface area contributed by atoms with E-state index in [1.54, 1.807) is 6.07 Å². The molecule has 0 saturated carbocycles. The molecule has 0 spiro atoms. The fraction of sp³-hybridized carbons (Fsp3) is 0.333. The van der Waals surface area contributed by atoms with Crippen molar-refractivity contribution >= 4 is 39.0 Å². The van der Waals surface area contributed by atoms with Crippen molar-refractivity contribution < 1.29 is 8.42 Å². The van der Waals surface area contributed by atoms with Crippen molar-refractivity contribution in [1.82, 2.24) is 9.29 Å². The van der Waals surface area contributed by atoms with E-state index in [9.17, 15) is 13.7 Å². The van der Waals surface area contributed by atoms with Crippen molar-refractivity contribution in [3.8, 4) is 6.07 Å². The number of benzene rings is 1. The summed E-state index contributed by atoms with van der Waals surface area (Å²) in [5.74, 6) is 0.604. The van der Waals surface area contributed by atoms with Crippen LogP contribution in [0.1, 0.15) is 16.8 Å². The Balaban J connectivity index is 1.84. The number of rotatable bonds is 3. The van der Waals surface area contributed by atoms with Gasteiger partial charge in [0.1, 0.15) is 16.8 Å². The molecule has 2 heterocycles. The van der Waals surface area contributed by atoms with Crippen molar-refractivity contribution in [2.75, 3.05) is 31.1 Å². The number of aryl methyl sites for hydroxylation is 2. The van der Waals surface area contributed by atoms with Gasteiger partial charge in [0.15, 0.2) is 0 Å². The summed E-state index contributed by atoms with van der Waals surface area (Å²) in [6.45, 7) is 5.15. The van der Waals surface area contributed by atoms with Crippen LogP contribution < -0.4 is 4.90 Å². The van der Waals surface area contributed by atoms with E-state index in [1.807, 2.05) is 24.8 Å². The molecule has 0 N–H and O–H groups in total. The minimum Gasteiger partial charge on any atom is -0.353 e. The molecule has 0 bridgehead atoms. The Hall–Kier alpha value is -1.85. The number of halogens is 2. The first-order valence-corrected chi connectivity index (χ1v) is 10.5. The highest BCUT2D eigenvalue weighted by Crippen LogP contribution is 2.29. The van der Waals surface area contributed by atoms with Gasteiger partial charge in [-0.2, -0.15) is 9.57 Å². The van der Waals surface area contributed by atoms with Crippen LogP contribution in [0.5, 0.6) is 0 Å². The van der Waals surface area contributed by atoms with Crippen molar-refractivity contribution in [2.24, 2.45) is 0 Å². The van der Waals surface area contributed by atoms with Gasteiger partial charge in [0, 0.05) is 36.9 Å². The summed E-state index contributed by atoms with van der Waals surface area (Å²) in [5, 5.41) is 9.91. The minimum atomic E-state index is -3.75. The van der Waals surface area contributed by atoms with Crippen molar-refractivity contribution in [3.05, 3.63) is 51.1 Å². The van der Waals surface area contributed by atoms with Gasteiger partial charge >= 0.3 is 0 Å². The number of nitrogens with zero attached hydrogens (tertiary/aromatic N) is 4. The third kappa shape index (κ3) is 3.90. The summed E-state index contributed by atoms with van der Waals surface area (Å²) in [6, 6.07) is 8.46. The quantitative estimate of drug-likeness (QED) is 0.754. The van der Waals surface area contributed by atoms with E-state index in [-0.39, 0.29) is 23.0 Å². The molecule has 6 nitrogen and oxygen atoms in total. The maximum absolute atomic E-state index is 12.9. The van der Waals surface area contributed by atoms with Gasteiger partial charge < -0.3 is 4.90 Å². The van der Waals surface area contributed by atoms with Crippen LogP contribution in [0, 0.1) is 25.2 Å². The Bertz CT molecular complexity index is 1030. The summed E-state index contributed by atoms with van der Waals surface area (Å²) in [5.41, 5.74) is 2.21. The zero-order chi connectivity index (χ0) is 19.8. The number of pyridine rings is 1. The van der Waals surface area contributed by atoms with Crippen molar-refractivity contribution in [3.63, 3.8) is 0 Å². The van der Waals surface area contributed by atoms with E-state index in [0.717, 1.165) is 11.3 Å². The number of hydrogen-bond acceptors (Lipinski definition) is 5. The fourth-order valence-electron chi connectivity index (χ4n) is 3.14. The third-order valence-electron chi connectivity index (χ3n) is 4.49. The van der Waals surface area contributed by atoms with Crippen molar-refractivity contribution in [2.45, 2.75) is 18.7 Å². The Morgan fingerprint density at radius 1 is 1.11 bits per heavy atom. The van der Waals surface area contributed by atoms with E-state index in [2.05, 4.69) is 11.1 Å². The maximum atomic E-state index is 12.9. The average molecular weight is 425 g/mol. The molecule has 3 rings (SSSR count). The van der Waals surface area contributed by atoms with Crippen LogP contribution in [-0.4, -0.2) is 43.9 Å². The van der Waals surface area contributed by atoms with E-state index < -0.39 is 10.0 Å². The normalized spacial score (nSPS) is 15.6. The summed E-state index contributed by atoms with van der Waals surface area (Å²) in [7, 11) is -3.75. The van der Waals surface area contributed by atoms with Gasteiger partial charge in [-0.3, -0.25) is 0 Å². The summed E-state index contributed by atoms with van der Waals surface area (Å²) in [4.78, 5) is 6.45. The summed E-state index contributed by atoms with van der Waals surface area (Å²) >= 11 is 12.0. The zero-order valence-corrected chi connectivity index (χ0v) is 17.2. The number of anilines is 1. The molecule has 0 amide bonds. The monoisotopic (exact) mass is 424 g/mol. The fourth-order valence-corrected chi connectivity index (χ4v) is 5.30. The number of hydrogen-bond donors (Lipinski definition) is 0. The first-order valence-electron chi connectivity index (χ1n) is 8.32. The van der Waals surface area contributed by atoms with Crippen LogP contribution in [0.3, 0.4) is 0 Å². The maximum Gasteiger partial charge on any atom is 0.244 e. The molecule has 0 radical (unpaired) electrons. The predicted molar refractivity (Wildman–Crippen MR) is 106 cm³/mol. The summed E-state index contributed by atoms with van der Waals surface area (Å²) < 4.78 is 27.2. The molecule has 1 aliphatic heterocycles. The molecule has 1 aromatic heterocycles. The van der Waals surface area contributed by atoms with Crippen LogP contribution >= 0.6 is 23.2 Å². The predicted octanol–water partition coefficient (Wildman–Crippen LogP) is 3.39. The molecule has 9 heteroatoms. The Morgan fingerprint density at radius 2 is 1.78 bits per heavy atom. The van der Waals surface area contributed by atoms with Gasteiger partial charge in [-0.25, -0.2) is 13.4 Å². The van der Waals surface area contributed by atoms with Crippen molar-refractivity contribution in [1.29, 1.82) is 5.26 Å². The Kier molecular flexibility index (Phi) is 5.63. The van der Waals surface area contributed by atoms with Crippen LogP contribution in [0.15, 0.2) is 29.2 Å². The second-order valence-corrected chi connectivity index (χ2v) is 9.11. The highest BCUT2D eigenvalue weighted by molar-refractivity contribution is 7.89. The van der Waals surface area contributed by atoms with Crippen LogP contribution in [0.2, 0.25) is 10.0 Å². The van der Waals surface area contributed by atoms with Gasteiger partial charge in [0.25, 0.3) is 0 Å². The SMILES string of the molecule is Cc1cc(C)c(C#N)c(N2CCN(S(=O)(=O)c3cc(Cl)ccc3Cl)CC2)n1. The lowest BCUT2D eigenvalue weighted by molar-refractivity contribution is 0.383. The molecule has 0 unspecified atom stereocenters. The van der Waals surface area contributed by atoms with Gasteiger partial charge in [-0.05, 0) is 43.7 Å². The zero-order valence-electron chi connectivity index (χ0n) is 14.9. The molecular weight excluding hydrogens is 407 g/mol. The van der Waals surface area contributed by atoms with Gasteiger partial charge in [-0.1, -0.05) is 23.2 Å². The molecule has 1 fully saturated rings. The first-order chi connectivity index (χ1) is 12.7. The van der Waals surface area contributed by atoms with E-state index in [4.69, 9.17) is 23.2 Å². The molecule has 27 heavy (non-hydrogen) atoms. The van der Waals surface area contributed by atoms with E-state index >= 15 is 0 Å². The first kappa shape index (κ1) is 19.9. The second-order valence-electron chi connectivity index (χ2n) is 6.36. The van der Waals surface area contributed by atoms with Gasteiger partial charge in [0.2, 0.25) is 10.0 Å². The molecule has 0 atom stereocenters. The van der Waals surface area contributed by atoms with E-state index in [0.29, 0.717) is 29.5 Å². The standard InChI is InChI=1S/C18H18Cl2N4O2S/c1-12-9-13(2)22-18(15(12)11-21)23-5-7-24(8-6-23)27(25,26)17-10-14(19)3-4-16(17)20/h3-4,9-10H,5-8H2,1-2H3. The largest absolute Gasteiger partial charge is 0.353 e. The smallest absolute Gasteiger partial charge is 0.244 e.